The quantitative estimate of drug-likeness (QED) is 0.282. The molecule has 0 saturated carbocycles. The van der Waals surface area contributed by atoms with Crippen LogP contribution in [0.1, 0.15) is 39.5 Å². The smallest absolute Gasteiger partial charge is 0.230 e. The molecule has 22 heavy (non-hydrogen) atoms. The van der Waals surface area contributed by atoms with Gasteiger partial charge in [0.05, 0.1) is 12.5 Å². The molecule has 2 atom stereocenters. The van der Waals surface area contributed by atoms with E-state index in [0.29, 0.717) is 13.0 Å². The first-order valence-corrected chi connectivity index (χ1v) is 7.77. The molecule has 2 unspecified atom stereocenters. The lowest BCUT2D eigenvalue weighted by Gasteiger charge is -2.16. The Hall–Kier alpha value is -1.69. The van der Waals surface area contributed by atoms with Gasteiger partial charge in [0.15, 0.2) is 0 Å². The number of Topliss-reactive ketones (excluding diaryl/α,β-unsaturated/α-hetero) is 1. The van der Waals surface area contributed by atoms with Gasteiger partial charge in [-0.2, -0.15) is 0 Å². The van der Waals surface area contributed by atoms with Crippen LogP contribution in [-0.4, -0.2) is 42.4 Å². The van der Waals surface area contributed by atoms with Crippen LogP contribution in [0.4, 0.5) is 0 Å². The number of amides is 2. The topological polar surface area (TPSA) is 95.5 Å². The summed E-state index contributed by atoms with van der Waals surface area (Å²) >= 11 is 0. The van der Waals surface area contributed by atoms with E-state index in [1.807, 2.05) is 0 Å². The second kappa shape index (κ2) is 11.9. The summed E-state index contributed by atoms with van der Waals surface area (Å²) in [5, 5.41) is 14.0. The molecule has 6 heteroatoms. The van der Waals surface area contributed by atoms with Crippen molar-refractivity contribution in [3.8, 4) is 0 Å². The van der Waals surface area contributed by atoms with Crippen LogP contribution in [0.25, 0.3) is 0 Å². The first-order valence-electron chi connectivity index (χ1n) is 7.77. The van der Waals surface area contributed by atoms with Crippen LogP contribution in [0.5, 0.6) is 0 Å². The van der Waals surface area contributed by atoms with E-state index in [4.69, 9.17) is 5.11 Å². The number of aliphatic hydroxyl groups is 1. The number of hydrogen-bond donors (Lipinski definition) is 3. The summed E-state index contributed by atoms with van der Waals surface area (Å²) in [4.78, 5) is 35.8. The van der Waals surface area contributed by atoms with Gasteiger partial charge in [-0.1, -0.05) is 19.9 Å². The largest absolute Gasteiger partial charge is 0.395 e. The molecule has 6 nitrogen and oxygen atoms in total. The molecule has 0 aromatic rings. The van der Waals surface area contributed by atoms with Crippen molar-refractivity contribution in [1.29, 1.82) is 0 Å². The van der Waals surface area contributed by atoms with E-state index in [-0.39, 0.29) is 37.2 Å². The molecule has 0 aliphatic heterocycles. The summed E-state index contributed by atoms with van der Waals surface area (Å²) in [7, 11) is 0. The highest BCUT2D eigenvalue weighted by molar-refractivity contribution is 6.02. The molecule has 3 N–H and O–H groups in total. The van der Waals surface area contributed by atoms with Crippen LogP contribution in [0.2, 0.25) is 0 Å². The lowest BCUT2D eigenvalue weighted by Crippen LogP contribution is -2.38. The monoisotopic (exact) mass is 312 g/mol. The highest BCUT2D eigenvalue weighted by atomic mass is 16.3. The first-order chi connectivity index (χ1) is 10.5. The predicted molar refractivity (Wildman–Crippen MR) is 85.1 cm³/mol. The number of unbranched alkanes of at least 4 members (excludes halogenated alkanes) is 1. The lowest BCUT2D eigenvalue weighted by molar-refractivity contribution is -0.137. The molecule has 0 saturated heterocycles. The van der Waals surface area contributed by atoms with E-state index >= 15 is 0 Å². The van der Waals surface area contributed by atoms with E-state index in [0.717, 1.165) is 12.8 Å². The van der Waals surface area contributed by atoms with Gasteiger partial charge in [-0.25, -0.2) is 0 Å². The first kappa shape index (κ1) is 20.3. The fraction of sp³-hybridized carbons (Fsp3) is 0.688. The van der Waals surface area contributed by atoms with Gasteiger partial charge in [0.2, 0.25) is 11.8 Å². The van der Waals surface area contributed by atoms with Gasteiger partial charge >= 0.3 is 0 Å². The standard InChI is InChI=1S/C16H28N2O4/c1-4-6-7-8-17-15(21)12(3)11-14(20)13(5-2)16(22)18-9-10-19/h4,12-13,19H,1,5-11H2,2-3H3,(H,17,21)(H,18,22). The number of ketones is 1. The third-order valence-electron chi connectivity index (χ3n) is 3.36. The van der Waals surface area contributed by atoms with Crippen molar-refractivity contribution in [2.24, 2.45) is 11.8 Å². The molecular weight excluding hydrogens is 284 g/mol. The van der Waals surface area contributed by atoms with Crippen molar-refractivity contribution in [3.05, 3.63) is 12.7 Å². The van der Waals surface area contributed by atoms with Crippen LogP contribution in [0.3, 0.4) is 0 Å². The van der Waals surface area contributed by atoms with E-state index in [2.05, 4.69) is 17.2 Å². The molecule has 126 valence electrons. The van der Waals surface area contributed by atoms with Crippen LogP contribution in [0, 0.1) is 11.8 Å². The molecule has 0 heterocycles. The maximum absolute atomic E-state index is 12.2. The van der Waals surface area contributed by atoms with E-state index in [1.165, 1.54) is 0 Å². The van der Waals surface area contributed by atoms with Crippen LogP contribution in [-0.2, 0) is 14.4 Å². The average Bonchev–Trinajstić information content (AvgIpc) is 2.49. The highest BCUT2D eigenvalue weighted by Crippen LogP contribution is 2.13. The Balaban J connectivity index is 4.32. The Labute approximate surface area is 132 Å². The summed E-state index contributed by atoms with van der Waals surface area (Å²) < 4.78 is 0. The van der Waals surface area contributed by atoms with Gasteiger partial charge in [0, 0.05) is 25.4 Å². The van der Waals surface area contributed by atoms with Gasteiger partial charge < -0.3 is 15.7 Å². The van der Waals surface area contributed by atoms with Crippen molar-refractivity contribution >= 4 is 17.6 Å². The molecule has 0 aromatic heterocycles. The molecular formula is C16H28N2O4. The molecule has 0 radical (unpaired) electrons. The number of nitrogens with one attached hydrogen (secondary N) is 2. The number of carbonyl (C=O) groups is 3. The minimum Gasteiger partial charge on any atom is -0.395 e. The second-order valence-corrected chi connectivity index (χ2v) is 5.27. The molecule has 0 aliphatic carbocycles. The third kappa shape index (κ3) is 7.93. The summed E-state index contributed by atoms with van der Waals surface area (Å²) in [6, 6.07) is 0. The third-order valence-corrected chi connectivity index (χ3v) is 3.36. The molecule has 0 fully saturated rings. The SMILES string of the molecule is C=CCCCNC(=O)C(C)CC(=O)C(CC)C(=O)NCCO. The minimum atomic E-state index is -0.762. The van der Waals surface area contributed by atoms with Crippen molar-refractivity contribution in [1.82, 2.24) is 10.6 Å². The maximum Gasteiger partial charge on any atom is 0.230 e. The average molecular weight is 312 g/mol. The Bertz CT molecular complexity index is 382. The van der Waals surface area contributed by atoms with E-state index in [1.54, 1.807) is 19.9 Å². The Morgan fingerprint density at radius 1 is 1.18 bits per heavy atom. The Morgan fingerprint density at radius 2 is 1.82 bits per heavy atom. The van der Waals surface area contributed by atoms with E-state index < -0.39 is 11.8 Å². The zero-order valence-electron chi connectivity index (χ0n) is 13.6. The minimum absolute atomic E-state index is 0.0400. The zero-order chi connectivity index (χ0) is 17.0. The number of rotatable bonds is 12. The van der Waals surface area contributed by atoms with Gasteiger partial charge in [-0.05, 0) is 19.3 Å². The summed E-state index contributed by atoms with van der Waals surface area (Å²) in [5.41, 5.74) is 0. The normalized spacial score (nSPS) is 13.0. The van der Waals surface area contributed by atoms with Crippen LogP contribution >= 0.6 is 0 Å². The molecule has 0 bridgehead atoms. The molecule has 0 spiro atoms. The number of aliphatic hydroxyl groups excluding tert-OH is 1. The van der Waals surface area contributed by atoms with Crippen LogP contribution in [0.15, 0.2) is 12.7 Å². The van der Waals surface area contributed by atoms with Crippen molar-refractivity contribution in [3.63, 3.8) is 0 Å². The zero-order valence-corrected chi connectivity index (χ0v) is 13.6. The van der Waals surface area contributed by atoms with Crippen LogP contribution < -0.4 is 10.6 Å². The van der Waals surface area contributed by atoms with Crippen molar-refractivity contribution in [2.75, 3.05) is 19.7 Å². The highest BCUT2D eigenvalue weighted by Gasteiger charge is 2.27. The number of allylic oxidation sites excluding steroid dienone is 1. The fourth-order valence-corrected chi connectivity index (χ4v) is 2.03. The summed E-state index contributed by atoms with van der Waals surface area (Å²) in [6.07, 6.45) is 3.85. The van der Waals surface area contributed by atoms with Gasteiger partial charge in [-0.3, -0.25) is 14.4 Å². The van der Waals surface area contributed by atoms with E-state index in [9.17, 15) is 14.4 Å². The fourth-order valence-electron chi connectivity index (χ4n) is 2.03. The number of hydrogen-bond acceptors (Lipinski definition) is 4. The Kier molecular flexibility index (Phi) is 11.0. The molecule has 0 aromatic carbocycles. The summed E-state index contributed by atoms with van der Waals surface area (Å²) in [6.45, 7) is 7.55. The number of carbonyl (C=O) groups excluding carboxylic acids is 3. The van der Waals surface area contributed by atoms with Gasteiger partial charge in [0.25, 0.3) is 0 Å². The van der Waals surface area contributed by atoms with Gasteiger partial charge in [0.1, 0.15) is 5.78 Å². The van der Waals surface area contributed by atoms with Gasteiger partial charge in [-0.15, -0.1) is 6.58 Å². The predicted octanol–water partition coefficient (Wildman–Crippen LogP) is 0.799. The molecule has 0 aliphatic rings. The second-order valence-electron chi connectivity index (χ2n) is 5.27. The van der Waals surface area contributed by atoms with Crippen molar-refractivity contribution < 1.29 is 19.5 Å². The lowest BCUT2D eigenvalue weighted by atomic mass is 9.92. The molecule has 2 amide bonds. The summed E-state index contributed by atoms with van der Waals surface area (Å²) in [5.74, 6) is -2.03. The molecule has 0 rings (SSSR count). The maximum atomic E-state index is 12.2. The Morgan fingerprint density at radius 3 is 2.36 bits per heavy atom. The van der Waals surface area contributed by atoms with Crippen molar-refractivity contribution in [2.45, 2.75) is 39.5 Å².